The van der Waals surface area contributed by atoms with Crippen molar-refractivity contribution in [1.29, 1.82) is 0 Å². The molecule has 0 amide bonds. The highest BCUT2D eigenvalue weighted by Crippen LogP contribution is 2.16. The zero-order valence-electron chi connectivity index (χ0n) is 9.28. The van der Waals surface area contributed by atoms with Gasteiger partial charge in [-0.05, 0) is 18.2 Å². The lowest BCUT2D eigenvalue weighted by molar-refractivity contribution is 0.0697. The first-order chi connectivity index (χ1) is 8.74. The number of nitrogens with zero attached hydrogens (tertiary/aromatic N) is 3. The number of thiazole rings is 1. The fourth-order valence-corrected chi connectivity index (χ4v) is 2.36. The van der Waals surface area contributed by atoms with E-state index in [4.69, 9.17) is 5.11 Å². The zero-order valence-corrected chi connectivity index (χ0v) is 10.1. The molecule has 0 aliphatic heterocycles. The average Bonchev–Trinajstić information content (AvgIpc) is 2.99. The first-order valence-electron chi connectivity index (χ1n) is 5.29. The van der Waals surface area contributed by atoms with Gasteiger partial charge in [0.15, 0.2) is 0 Å². The van der Waals surface area contributed by atoms with Gasteiger partial charge < -0.3 is 9.67 Å². The summed E-state index contributed by atoms with van der Waals surface area (Å²) >= 11 is 1.54. The lowest BCUT2D eigenvalue weighted by atomic mass is 10.2. The number of benzene rings is 1. The van der Waals surface area contributed by atoms with E-state index in [1.54, 1.807) is 30.0 Å². The molecular weight excluding hydrogens is 250 g/mol. The van der Waals surface area contributed by atoms with Gasteiger partial charge in [0, 0.05) is 5.38 Å². The Kier molecular flexibility index (Phi) is 2.56. The Morgan fingerprint density at radius 3 is 3.00 bits per heavy atom. The molecule has 0 radical (unpaired) electrons. The van der Waals surface area contributed by atoms with E-state index in [0.29, 0.717) is 6.54 Å². The summed E-state index contributed by atoms with van der Waals surface area (Å²) in [5.41, 5.74) is 4.58. The third kappa shape index (κ3) is 1.86. The Morgan fingerprint density at radius 1 is 1.39 bits per heavy atom. The monoisotopic (exact) mass is 259 g/mol. The molecule has 0 fully saturated rings. The summed E-state index contributed by atoms with van der Waals surface area (Å²) in [5.74, 6) is -0.932. The van der Waals surface area contributed by atoms with Crippen molar-refractivity contribution in [2.24, 2.45) is 0 Å². The summed E-state index contributed by atoms with van der Waals surface area (Å²) in [5, 5.41) is 11.0. The van der Waals surface area contributed by atoms with Crippen LogP contribution in [-0.4, -0.2) is 25.6 Å². The van der Waals surface area contributed by atoms with Crippen molar-refractivity contribution in [3.05, 3.63) is 46.7 Å². The number of hydrogen-bond acceptors (Lipinski definition) is 4. The second-order valence-electron chi connectivity index (χ2n) is 3.86. The Labute approximate surface area is 106 Å². The summed E-state index contributed by atoms with van der Waals surface area (Å²) in [7, 11) is 0. The lowest BCUT2D eigenvalue weighted by Gasteiger charge is -2.02. The van der Waals surface area contributed by atoms with Gasteiger partial charge in [-0.25, -0.2) is 14.8 Å². The molecular formula is C12H9N3O2S. The lowest BCUT2D eigenvalue weighted by Crippen LogP contribution is -2.00. The van der Waals surface area contributed by atoms with E-state index in [1.807, 2.05) is 9.95 Å². The fraction of sp³-hybridized carbons (Fsp3) is 0.0833. The molecule has 0 bridgehead atoms. The van der Waals surface area contributed by atoms with Crippen LogP contribution in [0.1, 0.15) is 16.1 Å². The second-order valence-corrected chi connectivity index (χ2v) is 4.58. The van der Waals surface area contributed by atoms with Crippen LogP contribution in [0.3, 0.4) is 0 Å². The molecule has 2 aromatic heterocycles. The predicted molar refractivity (Wildman–Crippen MR) is 67.9 cm³/mol. The van der Waals surface area contributed by atoms with E-state index in [-0.39, 0.29) is 5.56 Å². The average molecular weight is 259 g/mol. The molecule has 3 aromatic rings. The number of aromatic nitrogens is 3. The Morgan fingerprint density at radius 2 is 2.28 bits per heavy atom. The van der Waals surface area contributed by atoms with Crippen LogP contribution in [0.4, 0.5) is 0 Å². The van der Waals surface area contributed by atoms with Gasteiger partial charge in [-0.2, -0.15) is 0 Å². The van der Waals surface area contributed by atoms with Crippen LogP contribution >= 0.6 is 11.3 Å². The fourth-order valence-electron chi connectivity index (χ4n) is 1.81. The van der Waals surface area contributed by atoms with Crippen molar-refractivity contribution in [3.63, 3.8) is 0 Å². The standard InChI is InChI=1S/C12H9N3O2S/c16-12(17)8-1-2-10-11(3-8)15(6-13-10)4-9-5-18-7-14-9/h1-3,5-7H,4H2,(H,16,17). The molecule has 0 atom stereocenters. The highest BCUT2D eigenvalue weighted by Gasteiger charge is 2.08. The molecule has 3 rings (SSSR count). The van der Waals surface area contributed by atoms with E-state index < -0.39 is 5.97 Å². The summed E-state index contributed by atoms with van der Waals surface area (Å²) in [6.45, 7) is 0.600. The summed E-state index contributed by atoms with van der Waals surface area (Å²) in [6.07, 6.45) is 1.70. The van der Waals surface area contributed by atoms with Crippen LogP contribution in [0.25, 0.3) is 11.0 Å². The number of carbonyl (C=O) groups is 1. The van der Waals surface area contributed by atoms with Crippen molar-refractivity contribution >= 4 is 28.3 Å². The molecule has 90 valence electrons. The minimum atomic E-state index is -0.932. The van der Waals surface area contributed by atoms with Crippen molar-refractivity contribution in [2.75, 3.05) is 0 Å². The number of hydrogen-bond donors (Lipinski definition) is 1. The van der Waals surface area contributed by atoms with Crippen molar-refractivity contribution in [1.82, 2.24) is 14.5 Å². The number of carboxylic acid groups (broad SMARTS) is 1. The van der Waals surface area contributed by atoms with Crippen LogP contribution in [0.15, 0.2) is 35.4 Å². The minimum absolute atomic E-state index is 0.266. The quantitative estimate of drug-likeness (QED) is 0.783. The third-order valence-corrected chi connectivity index (χ3v) is 3.32. The van der Waals surface area contributed by atoms with E-state index >= 15 is 0 Å². The van der Waals surface area contributed by atoms with Gasteiger partial charge in [0.2, 0.25) is 0 Å². The maximum Gasteiger partial charge on any atom is 0.335 e. The summed E-state index contributed by atoms with van der Waals surface area (Å²) < 4.78 is 1.90. The molecule has 6 heteroatoms. The highest BCUT2D eigenvalue weighted by atomic mass is 32.1. The molecule has 1 aromatic carbocycles. The van der Waals surface area contributed by atoms with Gasteiger partial charge in [-0.1, -0.05) is 0 Å². The topological polar surface area (TPSA) is 68.0 Å². The maximum absolute atomic E-state index is 11.0. The molecule has 1 N–H and O–H groups in total. The van der Waals surface area contributed by atoms with Gasteiger partial charge in [-0.3, -0.25) is 0 Å². The predicted octanol–water partition coefficient (Wildman–Crippen LogP) is 2.24. The molecule has 0 aliphatic carbocycles. The first kappa shape index (κ1) is 10.9. The minimum Gasteiger partial charge on any atom is -0.478 e. The molecule has 0 spiro atoms. The van der Waals surface area contributed by atoms with Crippen LogP contribution in [-0.2, 0) is 6.54 Å². The van der Waals surface area contributed by atoms with E-state index in [9.17, 15) is 4.79 Å². The Bertz CT molecular complexity index is 703. The molecule has 2 heterocycles. The van der Waals surface area contributed by atoms with Crippen molar-refractivity contribution in [3.8, 4) is 0 Å². The number of imidazole rings is 1. The molecule has 0 saturated heterocycles. The normalized spacial score (nSPS) is 10.9. The Balaban J connectivity index is 2.06. The molecule has 18 heavy (non-hydrogen) atoms. The van der Waals surface area contributed by atoms with Crippen LogP contribution in [0, 0.1) is 0 Å². The zero-order chi connectivity index (χ0) is 12.5. The van der Waals surface area contributed by atoms with E-state index in [0.717, 1.165) is 16.7 Å². The second kappa shape index (κ2) is 4.23. The van der Waals surface area contributed by atoms with Crippen LogP contribution in [0.5, 0.6) is 0 Å². The van der Waals surface area contributed by atoms with Crippen molar-refractivity contribution in [2.45, 2.75) is 6.54 Å². The van der Waals surface area contributed by atoms with Gasteiger partial charge in [0.05, 0.1) is 40.7 Å². The first-order valence-corrected chi connectivity index (χ1v) is 6.23. The maximum atomic E-state index is 11.0. The molecule has 0 saturated carbocycles. The van der Waals surface area contributed by atoms with E-state index in [2.05, 4.69) is 9.97 Å². The number of fused-ring (bicyclic) bond motifs is 1. The van der Waals surface area contributed by atoms with Crippen LogP contribution < -0.4 is 0 Å². The highest BCUT2D eigenvalue weighted by molar-refractivity contribution is 7.07. The van der Waals surface area contributed by atoms with E-state index in [1.165, 1.54) is 11.3 Å². The molecule has 0 aliphatic rings. The third-order valence-electron chi connectivity index (χ3n) is 2.68. The van der Waals surface area contributed by atoms with Crippen LogP contribution in [0.2, 0.25) is 0 Å². The van der Waals surface area contributed by atoms with Gasteiger partial charge in [-0.15, -0.1) is 11.3 Å². The SMILES string of the molecule is O=C(O)c1ccc2ncn(Cc3cscn3)c2c1. The summed E-state index contributed by atoms with van der Waals surface area (Å²) in [6, 6.07) is 4.91. The number of carboxylic acids is 1. The van der Waals surface area contributed by atoms with Gasteiger partial charge in [0.25, 0.3) is 0 Å². The Hall–Kier alpha value is -2.21. The number of rotatable bonds is 3. The van der Waals surface area contributed by atoms with Crippen molar-refractivity contribution < 1.29 is 9.90 Å². The van der Waals surface area contributed by atoms with Gasteiger partial charge in [0.1, 0.15) is 0 Å². The smallest absolute Gasteiger partial charge is 0.335 e. The summed E-state index contributed by atoms with van der Waals surface area (Å²) in [4.78, 5) is 19.4. The molecule has 5 nitrogen and oxygen atoms in total. The number of aromatic carboxylic acids is 1. The van der Waals surface area contributed by atoms with Gasteiger partial charge >= 0.3 is 5.97 Å². The molecule has 0 unspecified atom stereocenters. The largest absolute Gasteiger partial charge is 0.478 e.